The minimum Gasteiger partial charge on any atom is -0.384 e. The quantitative estimate of drug-likeness (QED) is 0.553. The third kappa shape index (κ3) is 5.59. The van der Waals surface area contributed by atoms with E-state index >= 15 is 0 Å². The second-order valence-electron chi connectivity index (χ2n) is 8.63. The van der Waals surface area contributed by atoms with Crippen LogP contribution in [0.1, 0.15) is 43.8 Å². The molecule has 1 aromatic carbocycles. The van der Waals surface area contributed by atoms with E-state index in [9.17, 15) is 18.3 Å². The van der Waals surface area contributed by atoms with Gasteiger partial charge in [0.05, 0.1) is 17.0 Å². The molecule has 0 atom stereocenters. The molecule has 3 aromatic rings. The van der Waals surface area contributed by atoms with Gasteiger partial charge in [-0.3, -0.25) is 0 Å². The van der Waals surface area contributed by atoms with E-state index < -0.39 is 17.3 Å². The molecule has 1 aliphatic rings. The number of halogens is 3. The first-order valence-electron chi connectivity index (χ1n) is 10.6. The number of benzene rings is 1. The molecule has 0 aliphatic carbocycles. The molecular formula is C22H25F3N6OS. The highest BCUT2D eigenvalue weighted by Gasteiger charge is 2.30. The standard InChI is InChI=1S/C22H25F3N6OS/c1-13-26-20(33-30-13)31-10-8-16(9-11-31)27-19-28-17(12-18(29-19)21(2,3)32)14-4-6-15(7-5-14)22(23,24)25/h4-7,12,16,32H,8-11H2,1-3H3,(H,27,28,29). The number of aliphatic hydroxyl groups is 1. The van der Waals surface area contributed by atoms with E-state index in [-0.39, 0.29) is 6.04 Å². The fourth-order valence-corrected chi connectivity index (χ4v) is 4.34. The average molecular weight is 479 g/mol. The van der Waals surface area contributed by atoms with Crippen LogP contribution < -0.4 is 10.2 Å². The molecule has 33 heavy (non-hydrogen) atoms. The molecule has 7 nitrogen and oxygen atoms in total. The van der Waals surface area contributed by atoms with Gasteiger partial charge in [0.15, 0.2) is 0 Å². The van der Waals surface area contributed by atoms with Gasteiger partial charge in [0.1, 0.15) is 11.4 Å². The van der Waals surface area contributed by atoms with E-state index in [1.807, 2.05) is 6.92 Å². The second-order valence-corrected chi connectivity index (χ2v) is 9.36. The van der Waals surface area contributed by atoms with E-state index in [0.717, 1.165) is 49.0 Å². The van der Waals surface area contributed by atoms with Crippen LogP contribution in [-0.2, 0) is 11.8 Å². The largest absolute Gasteiger partial charge is 0.416 e. The topological polar surface area (TPSA) is 87.1 Å². The molecule has 0 unspecified atom stereocenters. The molecule has 176 valence electrons. The molecule has 0 bridgehead atoms. The first kappa shape index (κ1) is 23.4. The van der Waals surface area contributed by atoms with Crippen LogP contribution >= 0.6 is 11.5 Å². The summed E-state index contributed by atoms with van der Waals surface area (Å²) < 4.78 is 43.0. The Morgan fingerprint density at radius 2 is 1.73 bits per heavy atom. The molecule has 1 saturated heterocycles. The maximum Gasteiger partial charge on any atom is 0.416 e. The van der Waals surface area contributed by atoms with Gasteiger partial charge in [0, 0.05) is 36.2 Å². The van der Waals surface area contributed by atoms with Crippen LogP contribution in [0, 0.1) is 6.92 Å². The summed E-state index contributed by atoms with van der Waals surface area (Å²) in [6.07, 6.45) is -2.73. The molecule has 1 fully saturated rings. The average Bonchev–Trinajstić information content (AvgIpc) is 3.19. The number of alkyl halides is 3. The molecule has 3 heterocycles. The number of piperidine rings is 1. The SMILES string of the molecule is Cc1nsc(N2CCC(Nc3nc(-c4ccc(C(F)(F)F)cc4)cc(C(C)(C)O)n3)CC2)n1. The van der Waals surface area contributed by atoms with E-state index in [2.05, 4.69) is 29.5 Å². The number of aromatic nitrogens is 4. The number of rotatable bonds is 5. The number of nitrogens with one attached hydrogen (secondary N) is 1. The zero-order valence-corrected chi connectivity index (χ0v) is 19.3. The van der Waals surface area contributed by atoms with Gasteiger partial charge in [-0.25, -0.2) is 15.0 Å². The zero-order valence-electron chi connectivity index (χ0n) is 18.5. The van der Waals surface area contributed by atoms with Crippen molar-refractivity contribution in [2.24, 2.45) is 0 Å². The van der Waals surface area contributed by atoms with Crippen molar-refractivity contribution < 1.29 is 18.3 Å². The number of nitrogens with zero attached hydrogens (tertiary/aromatic N) is 5. The lowest BCUT2D eigenvalue weighted by Gasteiger charge is -2.32. The number of anilines is 2. The monoisotopic (exact) mass is 478 g/mol. The van der Waals surface area contributed by atoms with Crippen LogP contribution in [0.3, 0.4) is 0 Å². The molecule has 2 N–H and O–H groups in total. The Hall–Kier alpha value is -2.79. The third-order valence-electron chi connectivity index (χ3n) is 5.48. The van der Waals surface area contributed by atoms with Crippen LogP contribution in [0.4, 0.5) is 24.3 Å². The van der Waals surface area contributed by atoms with Gasteiger partial charge in [-0.2, -0.15) is 17.5 Å². The molecule has 4 rings (SSSR count). The number of aryl methyl sites for hydroxylation is 1. The van der Waals surface area contributed by atoms with E-state index in [1.54, 1.807) is 19.9 Å². The van der Waals surface area contributed by atoms with Crippen molar-refractivity contribution in [3.63, 3.8) is 0 Å². The summed E-state index contributed by atoms with van der Waals surface area (Å²) in [7, 11) is 0. The fourth-order valence-electron chi connectivity index (χ4n) is 3.62. The molecule has 1 aliphatic heterocycles. The van der Waals surface area contributed by atoms with Gasteiger partial charge in [-0.05, 0) is 51.8 Å². The molecule has 2 aromatic heterocycles. The molecule has 0 amide bonds. The maximum absolute atomic E-state index is 12.9. The number of hydrogen-bond acceptors (Lipinski definition) is 8. The summed E-state index contributed by atoms with van der Waals surface area (Å²) in [6, 6.07) is 6.54. The maximum atomic E-state index is 12.9. The summed E-state index contributed by atoms with van der Waals surface area (Å²) in [5, 5.41) is 14.8. The van der Waals surface area contributed by atoms with Crippen LogP contribution in [0.15, 0.2) is 30.3 Å². The highest BCUT2D eigenvalue weighted by molar-refractivity contribution is 7.09. The van der Waals surface area contributed by atoms with Crippen LogP contribution in [0.25, 0.3) is 11.3 Å². The minimum atomic E-state index is -4.41. The smallest absolute Gasteiger partial charge is 0.384 e. The first-order chi connectivity index (χ1) is 15.5. The van der Waals surface area contributed by atoms with Crippen molar-refractivity contribution >= 4 is 22.6 Å². The van der Waals surface area contributed by atoms with Gasteiger partial charge >= 0.3 is 6.18 Å². The van der Waals surface area contributed by atoms with Crippen molar-refractivity contribution in [1.29, 1.82) is 0 Å². The van der Waals surface area contributed by atoms with E-state index in [1.165, 1.54) is 23.7 Å². The van der Waals surface area contributed by atoms with Gasteiger partial charge in [0.25, 0.3) is 0 Å². The molecule has 0 radical (unpaired) electrons. The normalized spacial score (nSPS) is 15.7. The van der Waals surface area contributed by atoms with Crippen molar-refractivity contribution in [3.05, 3.63) is 47.4 Å². The van der Waals surface area contributed by atoms with Gasteiger partial charge in [0.2, 0.25) is 11.1 Å². The molecule has 0 saturated carbocycles. The second kappa shape index (κ2) is 8.86. The Kier molecular flexibility index (Phi) is 6.28. The Morgan fingerprint density at radius 3 is 2.27 bits per heavy atom. The Balaban J connectivity index is 1.53. The Labute approximate surface area is 193 Å². The zero-order chi connectivity index (χ0) is 23.8. The number of hydrogen-bond donors (Lipinski definition) is 2. The summed E-state index contributed by atoms with van der Waals surface area (Å²) in [6.45, 7) is 6.71. The highest BCUT2D eigenvalue weighted by atomic mass is 32.1. The molecule has 0 spiro atoms. The lowest BCUT2D eigenvalue weighted by atomic mass is 10.0. The molecular weight excluding hydrogens is 453 g/mol. The first-order valence-corrected chi connectivity index (χ1v) is 11.4. The summed E-state index contributed by atoms with van der Waals surface area (Å²) in [4.78, 5) is 15.6. The summed E-state index contributed by atoms with van der Waals surface area (Å²) in [5.74, 6) is 1.11. The lowest BCUT2D eigenvalue weighted by Crippen LogP contribution is -2.39. The summed E-state index contributed by atoms with van der Waals surface area (Å²) >= 11 is 1.39. The van der Waals surface area contributed by atoms with Crippen molar-refractivity contribution in [3.8, 4) is 11.3 Å². The van der Waals surface area contributed by atoms with Crippen LogP contribution in [0.5, 0.6) is 0 Å². The lowest BCUT2D eigenvalue weighted by molar-refractivity contribution is -0.137. The van der Waals surface area contributed by atoms with Crippen LogP contribution in [-0.4, -0.2) is 43.6 Å². The van der Waals surface area contributed by atoms with Gasteiger partial charge < -0.3 is 15.3 Å². The van der Waals surface area contributed by atoms with E-state index in [0.29, 0.717) is 22.9 Å². The highest BCUT2D eigenvalue weighted by Crippen LogP contribution is 2.32. The predicted molar refractivity (Wildman–Crippen MR) is 121 cm³/mol. The third-order valence-corrected chi connectivity index (χ3v) is 6.34. The molecule has 11 heteroatoms. The van der Waals surface area contributed by atoms with Gasteiger partial charge in [-0.15, -0.1) is 0 Å². The van der Waals surface area contributed by atoms with Gasteiger partial charge in [-0.1, -0.05) is 12.1 Å². The van der Waals surface area contributed by atoms with Crippen molar-refractivity contribution in [1.82, 2.24) is 19.3 Å². The predicted octanol–water partition coefficient (Wildman–Crippen LogP) is 4.63. The Bertz CT molecular complexity index is 1100. The minimum absolute atomic E-state index is 0.118. The Morgan fingerprint density at radius 1 is 1.06 bits per heavy atom. The van der Waals surface area contributed by atoms with E-state index in [4.69, 9.17) is 0 Å². The van der Waals surface area contributed by atoms with Crippen molar-refractivity contribution in [2.75, 3.05) is 23.3 Å². The fraction of sp³-hybridized carbons (Fsp3) is 0.455. The van der Waals surface area contributed by atoms with Crippen molar-refractivity contribution in [2.45, 2.75) is 51.4 Å². The van der Waals surface area contributed by atoms with Crippen LogP contribution in [0.2, 0.25) is 0 Å². The summed E-state index contributed by atoms with van der Waals surface area (Å²) in [5.41, 5.74) is -0.616.